The molecule has 0 aliphatic rings. The summed E-state index contributed by atoms with van der Waals surface area (Å²) >= 11 is 0. The molecule has 2 N–H and O–H groups in total. The lowest BCUT2D eigenvalue weighted by Crippen LogP contribution is -2.17. The van der Waals surface area contributed by atoms with E-state index in [2.05, 4.69) is 4.98 Å². The Kier molecular flexibility index (Phi) is 2.82. The summed E-state index contributed by atoms with van der Waals surface area (Å²) in [7, 11) is 0. The van der Waals surface area contributed by atoms with Crippen molar-refractivity contribution >= 4 is 5.65 Å². The molecule has 92 valence electrons. The number of hydrogen-bond donors (Lipinski definition) is 1. The van der Waals surface area contributed by atoms with Gasteiger partial charge in [-0.25, -0.2) is 4.98 Å². The van der Waals surface area contributed by atoms with Gasteiger partial charge in [0.25, 0.3) is 0 Å². The van der Waals surface area contributed by atoms with E-state index in [1.807, 2.05) is 6.92 Å². The molecule has 2 aromatic rings. The van der Waals surface area contributed by atoms with Crippen LogP contribution in [0.3, 0.4) is 0 Å². The van der Waals surface area contributed by atoms with E-state index in [1.54, 1.807) is 6.20 Å². The van der Waals surface area contributed by atoms with Crippen LogP contribution in [-0.2, 0) is 12.6 Å². The van der Waals surface area contributed by atoms with E-state index in [0.29, 0.717) is 17.8 Å². The number of imidazole rings is 1. The summed E-state index contributed by atoms with van der Waals surface area (Å²) in [4.78, 5) is 4.19. The van der Waals surface area contributed by atoms with Crippen molar-refractivity contribution < 1.29 is 13.2 Å². The number of hydrogen-bond acceptors (Lipinski definition) is 2. The van der Waals surface area contributed by atoms with Crippen LogP contribution in [0.25, 0.3) is 5.65 Å². The van der Waals surface area contributed by atoms with Gasteiger partial charge in [-0.1, -0.05) is 0 Å². The number of halogens is 3. The maximum atomic E-state index is 12.5. The van der Waals surface area contributed by atoms with E-state index in [-0.39, 0.29) is 6.04 Å². The number of nitrogens with zero attached hydrogens (tertiary/aromatic N) is 2. The first-order valence-corrected chi connectivity index (χ1v) is 5.16. The fraction of sp³-hybridized carbons (Fsp3) is 0.364. The van der Waals surface area contributed by atoms with Crippen LogP contribution in [0.4, 0.5) is 13.2 Å². The average molecular weight is 243 g/mol. The standard InChI is InChI=1S/C11H12F3N3/c1-7(15)4-9-6-17-5-8(11(12,13)14)2-3-10(17)16-9/h2-3,5-7H,4,15H2,1H3. The Morgan fingerprint density at radius 2 is 2.06 bits per heavy atom. The molecule has 17 heavy (non-hydrogen) atoms. The van der Waals surface area contributed by atoms with Crippen LogP contribution in [-0.4, -0.2) is 15.4 Å². The third-order valence-electron chi connectivity index (χ3n) is 2.36. The fourth-order valence-corrected chi connectivity index (χ4v) is 1.64. The Hall–Kier alpha value is -1.56. The fourth-order valence-electron chi connectivity index (χ4n) is 1.64. The molecule has 1 atom stereocenters. The van der Waals surface area contributed by atoms with Crippen molar-refractivity contribution in [1.29, 1.82) is 0 Å². The van der Waals surface area contributed by atoms with Crippen LogP contribution in [0.2, 0.25) is 0 Å². The minimum Gasteiger partial charge on any atom is -0.328 e. The van der Waals surface area contributed by atoms with Gasteiger partial charge in [-0.15, -0.1) is 0 Å². The molecule has 0 fully saturated rings. The van der Waals surface area contributed by atoms with Crippen LogP contribution in [0.1, 0.15) is 18.2 Å². The predicted octanol–water partition coefficient (Wildman–Crippen LogP) is 2.24. The molecule has 2 aromatic heterocycles. The molecular weight excluding hydrogens is 231 g/mol. The van der Waals surface area contributed by atoms with Gasteiger partial charge in [0.1, 0.15) is 5.65 Å². The van der Waals surface area contributed by atoms with Gasteiger partial charge >= 0.3 is 6.18 Å². The van der Waals surface area contributed by atoms with Gasteiger partial charge in [-0.2, -0.15) is 13.2 Å². The van der Waals surface area contributed by atoms with Crippen LogP contribution in [0, 0.1) is 0 Å². The first-order chi connectivity index (χ1) is 7.86. The molecule has 0 amide bonds. The van der Waals surface area contributed by atoms with Crippen molar-refractivity contribution in [1.82, 2.24) is 9.38 Å². The normalized spacial score (nSPS) is 14.2. The smallest absolute Gasteiger partial charge is 0.328 e. The molecule has 6 heteroatoms. The molecule has 0 saturated carbocycles. The monoisotopic (exact) mass is 243 g/mol. The van der Waals surface area contributed by atoms with Gasteiger partial charge in [0, 0.05) is 24.9 Å². The van der Waals surface area contributed by atoms with Gasteiger partial charge in [0.2, 0.25) is 0 Å². The lowest BCUT2D eigenvalue weighted by Gasteiger charge is -2.05. The highest BCUT2D eigenvalue weighted by Crippen LogP contribution is 2.29. The molecule has 0 aromatic carbocycles. The van der Waals surface area contributed by atoms with Crippen molar-refractivity contribution in [2.24, 2.45) is 5.73 Å². The Labute approximate surface area is 96.1 Å². The predicted molar refractivity (Wildman–Crippen MR) is 57.5 cm³/mol. The number of rotatable bonds is 2. The summed E-state index contributed by atoms with van der Waals surface area (Å²) in [6.07, 6.45) is -1.18. The van der Waals surface area contributed by atoms with Crippen LogP contribution >= 0.6 is 0 Å². The molecule has 0 bridgehead atoms. The third-order valence-corrected chi connectivity index (χ3v) is 2.36. The molecule has 0 saturated heterocycles. The van der Waals surface area contributed by atoms with Gasteiger partial charge < -0.3 is 10.1 Å². The zero-order chi connectivity index (χ0) is 12.6. The number of pyridine rings is 1. The Bertz CT molecular complexity index is 528. The van der Waals surface area contributed by atoms with Crippen molar-refractivity contribution in [2.45, 2.75) is 25.6 Å². The highest BCUT2D eigenvalue weighted by atomic mass is 19.4. The second-order valence-corrected chi connectivity index (χ2v) is 4.09. The van der Waals surface area contributed by atoms with Crippen molar-refractivity contribution in [2.75, 3.05) is 0 Å². The van der Waals surface area contributed by atoms with Crippen molar-refractivity contribution in [3.63, 3.8) is 0 Å². The number of fused-ring (bicyclic) bond motifs is 1. The van der Waals surface area contributed by atoms with Crippen LogP contribution in [0.5, 0.6) is 0 Å². The van der Waals surface area contributed by atoms with Crippen molar-refractivity contribution in [3.8, 4) is 0 Å². The Morgan fingerprint density at radius 3 is 2.65 bits per heavy atom. The highest BCUT2D eigenvalue weighted by molar-refractivity contribution is 5.42. The van der Waals surface area contributed by atoms with E-state index in [0.717, 1.165) is 12.3 Å². The summed E-state index contributed by atoms with van der Waals surface area (Å²) in [5, 5.41) is 0. The quantitative estimate of drug-likeness (QED) is 0.879. The number of alkyl halides is 3. The zero-order valence-corrected chi connectivity index (χ0v) is 9.20. The van der Waals surface area contributed by atoms with E-state index in [1.165, 1.54) is 10.5 Å². The van der Waals surface area contributed by atoms with E-state index >= 15 is 0 Å². The maximum absolute atomic E-state index is 12.5. The molecule has 0 aliphatic carbocycles. The zero-order valence-electron chi connectivity index (χ0n) is 9.20. The number of aromatic nitrogens is 2. The summed E-state index contributed by atoms with van der Waals surface area (Å²) in [5.74, 6) is 0. The van der Waals surface area contributed by atoms with Gasteiger partial charge in [0.05, 0.1) is 11.3 Å². The second kappa shape index (κ2) is 4.03. The summed E-state index contributed by atoms with van der Waals surface area (Å²) in [5.41, 5.74) is 6.12. The highest BCUT2D eigenvalue weighted by Gasteiger charge is 2.30. The van der Waals surface area contributed by atoms with Crippen LogP contribution < -0.4 is 5.73 Å². The molecule has 2 heterocycles. The molecule has 3 nitrogen and oxygen atoms in total. The van der Waals surface area contributed by atoms with E-state index in [4.69, 9.17) is 5.73 Å². The summed E-state index contributed by atoms with van der Waals surface area (Å²) < 4.78 is 38.8. The molecule has 0 aliphatic heterocycles. The lowest BCUT2D eigenvalue weighted by atomic mass is 10.2. The first kappa shape index (κ1) is 11.9. The molecule has 1 unspecified atom stereocenters. The Morgan fingerprint density at radius 1 is 1.35 bits per heavy atom. The van der Waals surface area contributed by atoms with E-state index in [9.17, 15) is 13.2 Å². The minimum absolute atomic E-state index is 0.0676. The first-order valence-electron chi connectivity index (χ1n) is 5.16. The summed E-state index contributed by atoms with van der Waals surface area (Å²) in [6.45, 7) is 1.82. The van der Waals surface area contributed by atoms with Gasteiger partial charge in [-0.3, -0.25) is 0 Å². The van der Waals surface area contributed by atoms with Gasteiger partial charge in [-0.05, 0) is 19.1 Å². The van der Waals surface area contributed by atoms with Crippen LogP contribution in [0.15, 0.2) is 24.5 Å². The molecule has 0 radical (unpaired) electrons. The lowest BCUT2D eigenvalue weighted by molar-refractivity contribution is -0.137. The number of nitrogens with two attached hydrogens (primary N) is 1. The minimum atomic E-state index is -4.33. The van der Waals surface area contributed by atoms with Crippen molar-refractivity contribution in [3.05, 3.63) is 35.8 Å². The largest absolute Gasteiger partial charge is 0.417 e. The molecular formula is C11H12F3N3. The Balaban J connectivity index is 2.41. The third kappa shape index (κ3) is 2.58. The average Bonchev–Trinajstić information content (AvgIpc) is 2.55. The van der Waals surface area contributed by atoms with Gasteiger partial charge in [0.15, 0.2) is 0 Å². The molecule has 0 spiro atoms. The second-order valence-electron chi connectivity index (χ2n) is 4.09. The van der Waals surface area contributed by atoms with E-state index < -0.39 is 11.7 Å². The SMILES string of the molecule is CC(N)Cc1cn2cc(C(F)(F)F)ccc2n1. The molecule has 2 rings (SSSR count). The summed E-state index contributed by atoms with van der Waals surface area (Å²) in [6, 6.07) is 2.31. The topological polar surface area (TPSA) is 43.3 Å². The maximum Gasteiger partial charge on any atom is 0.417 e.